The summed E-state index contributed by atoms with van der Waals surface area (Å²) in [7, 11) is 3.53. The average molecular weight is 270 g/mol. The van der Waals surface area contributed by atoms with Crippen LogP contribution in [0.3, 0.4) is 0 Å². The van der Waals surface area contributed by atoms with Crippen LogP contribution in [0.15, 0.2) is 12.1 Å². The van der Waals surface area contributed by atoms with Crippen molar-refractivity contribution < 1.29 is 4.79 Å². The molecule has 0 aliphatic heterocycles. The van der Waals surface area contributed by atoms with Crippen LogP contribution in [0.4, 0.5) is 5.82 Å². The molecule has 0 saturated heterocycles. The zero-order chi connectivity index (χ0) is 13.9. The van der Waals surface area contributed by atoms with E-state index in [0.29, 0.717) is 10.8 Å². The maximum Gasteiger partial charge on any atom is 0.274 e. The Morgan fingerprint density at radius 2 is 2.11 bits per heavy atom. The van der Waals surface area contributed by atoms with Gasteiger partial charge in [0.25, 0.3) is 5.91 Å². The number of anilines is 1. The summed E-state index contributed by atoms with van der Waals surface area (Å²) in [6.07, 6.45) is 0.860. The molecule has 0 saturated carbocycles. The Morgan fingerprint density at radius 1 is 1.50 bits per heavy atom. The van der Waals surface area contributed by atoms with Crippen molar-refractivity contribution in [2.24, 2.45) is 0 Å². The molecule has 0 atom stereocenters. The second kappa shape index (κ2) is 5.57. The maximum absolute atomic E-state index is 12.4. The van der Waals surface area contributed by atoms with Crippen molar-refractivity contribution in [2.75, 3.05) is 19.4 Å². The van der Waals surface area contributed by atoms with Crippen LogP contribution in [0.5, 0.6) is 0 Å². The van der Waals surface area contributed by atoms with Crippen molar-refractivity contribution in [3.63, 3.8) is 0 Å². The predicted molar refractivity (Wildman–Crippen MR) is 75.3 cm³/mol. The van der Waals surface area contributed by atoms with Gasteiger partial charge in [-0.2, -0.15) is 0 Å². The Morgan fingerprint density at radius 3 is 2.61 bits per heavy atom. The van der Waals surface area contributed by atoms with Gasteiger partial charge in [-0.05, 0) is 32.4 Å². The van der Waals surface area contributed by atoms with E-state index in [2.05, 4.69) is 10.3 Å². The Bertz CT molecular complexity index is 446. The molecule has 0 fully saturated rings. The first-order chi connectivity index (χ1) is 8.33. The highest BCUT2D eigenvalue weighted by Gasteiger charge is 2.28. The molecule has 0 aliphatic rings. The van der Waals surface area contributed by atoms with Crippen LogP contribution in [0, 0.1) is 0 Å². The minimum atomic E-state index is -0.224. The smallest absolute Gasteiger partial charge is 0.274 e. The van der Waals surface area contributed by atoms with Crippen LogP contribution in [0.1, 0.15) is 37.7 Å². The van der Waals surface area contributed by atoms with Crippen molar-refractivity contribution >= 4 is 23.3 Å². The number of nitrogens with one attached hydrogen (secondary N) is 1. The van der Waals surface area contributed by atoms with Gasteiger partial charge in [-0.15, -0.1) is 0 Å². The lowest BCUT2D eigenvalue weighted by atomic mass is 9.99. The number of carbonyl (C=O) groups is 1. The van der Waals surface area contributed by atoms with Crippen LogP contribution < -0.4 is 5.32 Å². The van der Waals surface area contributed by atoms with Gasteiger partial charge in [-0.25, -0.2) is 4.98 Å². The van der Waals surface area contributed by atoms with E-state index < -0.39 is 0 Å². The molecule has 1 aromatic rings. The number of aromatic nitrogens is 1. The molecule has 1 aromatic heterocycles. The molecule has 1 rings (SSSR count). The summed E-state index contributed by atoms with van der Waals surface area (Å²) in [6.45, 7) is 6.07. The summed E-state index contributed by atoms with van der Waals surface area (Å²) >= 11 is 6.05. The Labute approximate surface area is 113 Å². The van der Waals surface area contributed by atoms with Crippen molar-refractivity contribution in [3.05, 3.63) is 22.8 Å². The van der Waals surface area contributed by atoms with E-state index in [4.69, 9.17) is 11.6 Å². The molecule has 18 heavy (non-hydrogen) atoms. The lowest BCUT2D eigenvalue weighted by Gasteiger charge is -2.34. The van der Waals surface area contributed by atoms with Crippen LogP contribution in [-0.4, -0.2) is 35.4 Å². The molecular formula is C13H20ClN3O. The first-order valence-electron chi connectivity index (χ1n) is 5.96. The summed E-state index contributed by atoms with van der Waals surface area (Å²) in [6, 6.07) is 3.42. The second-order valence-electron chi connectivity index (χ2n) is 4.81. The topological polar surface area (TPSA) is 45.2 Å². The van der Waals surface area contributed by atoms with Crippen LogP contribution in [0.25, 0.3) is 0 Å². The van der Waals surface area contributed by atoms with Gasteiger partial charge < -0.3 is 10.2 Å². The third kappa shape index (κ3) is 2.93. The molecule has 4 nitrogen and oxygen atoms in total. The quantitative estimate of drug-likeness (QED) is 0.914. The molecule has 0 aliphatic carbocycles. The van der Waals surface area contributed by atoms with Gasteiger partial charge >= 0.3 is 0 Å². The van der Waals surface area contributed by atoms with E-state index in [-0.39, 0.29) is 17.1 Å². The van der Waals surface area contributed by atoms with Crippen molar-refractivity contribution in [2.45, 2.75) is 32.7 Å². The van der Waals surface area contributed by atoms with Crippen molar-refractivity contribution in [1.29, 1.82) is 0 Å². The first-order valence-corrected chi connectivity index (χ1v) is 6.33. The first kappa shape index (κ1) is 14.8. The molecule has 1 heterocycles. The van der Waals surface area contributed by atoms with Gasteiger partial charge in [0.15, 0.2) is 0 Å². The third-order valence-electron chi connectivity index (χ3n) is 3.38. The summed E-state index contributed by atoms with van der Waals surface area (Å²) in [4.78, 5) is 18.3. The molecule has 5 heteroatoms. The largest absolute Gasteiger partial charge is 0.373 e. The monoisotopic (exact) mass is 269 g/mol. The summed E-state index contributed by atoms with van der Waals surface area (Å²) < 4.78 is 0. The fourth-order valence-corrected chi connectivity index (χ4v) is 1.59. The number of carbonyl (C=O) groups excluding carboxylic acids is 1. The second-order valence-corrected chi connectivity index (χ2v) is 5.21. The normalized spacial score (nSPS) is 11.2. The van der Waals surface area contributed by atoms with Crippen molar-refractivity contribution in [1.82, 2.24) is 9.88 Å². The van der Waals surface area contributed by atoms with E-state index in [1.165, 1.54) is 0 Å². The highest BCUT2D eigenvalue weighted by molar-refractivity contribution is 6.33. The highest BCUT2D eigenvalue weighted by Crippen LogP contribution is 2.23. The third-order valence-corrected chi connectivity index (χ3v) is 3.69. The Hall–Kier alpha value is -1.29. The van der Waals surface area contributed by atoms with Crippen molar-refractivity contribution in [3.8, 4) is 0 Å². The van der Waals surface area contributed by atoms with Crippen LogP contribution in [-0.2, 0) is 0 Å². The van der Waals surface area contributed by atoms with E-state index in [1.54, 1.807) is 31.1 Å². The SMILES string of the molecule is CCC(C)(C)N(C)C(=O)c1nc(NC)ccc1Cl. The van der Waals surface area contributed by atoms with Gasteiger partial charge in [0.05, 0.1) is 5.02 Å². The number of pyridine rings is 1. The van der Waals surface area contributed by atoms with Gasteiger partial charge in [-0.1, -0.05) is 18.5 Å². The Kier molecular flexibility index (Phi) is 4.57. The Balaban J connectivity index is 3.11. The van der Waals surface area contributed by atoms with Gasteiger partial charge in [0, 0.05) is 19.6 Å². The van der Waals surface area contributed by atoms with E-state index in [1.807, 2.05) is 20.8 Å². The zero-order valence-corrected chi connectivity index (χ0v) is 12.3. The minimum Gasteiger partial charge on any atom is -0.373 e. The van der Waals surface area contributed by atoms with Gasteiger partial charge in [0.1, 0.15) is 11.5 Å². The number of rotatable bonds is 4. The average Bonchev–Trinajstić information content (AvgIpc) is 2.37. The molecule has 0 spiro atoms. The fraction of sp³-hybridized carbons (Fsp3) is 0.538. The van der Waals surface area contributed by atoms with Crippen LogP contribution >= 0.6 is 11.6 Å². The molecule has 0 radical (unpaired) electrons. The molecule has 1 N–H and O–H groups in total. The summed E-state index contributed by atoms with van der Waals surface area (Å²) in [5.74, 6) is 0.467. The number of hydrogen-bond acceptors (Lipinski definition) is 3. The number of hydrogen-bond donors (Lipinski definition) is 1. The number of nitrogens with zero attached hydrogens (tertiary/aromatic N) is 2. The number of halogens is 1. The molecule has 0 aromatic carbocycles. The highest BCUT2D eigenvalue weighted by atomic mass is 35.5. The minimum absolute atomic E-state index is 0.163. The molecule has 0 unspecified atom stereocenters. The standard InChI is InChI=1S/C13H20ClN3O/c1-6-13(2,3)17(5)12(18)11-9(14)7-8-10(15-4)16-11/h7-8H,6H2,1-5H3,(H,15,16). The van der Waals surface area contributed by atoms with E-state index >= 15 is 0 Å². The zero-order valence-electron chi connectivity index (χ0n) is 11.5. The summed E-state index contributed by atoms with van der Waals surface area (Å²) in [5.41, 5.74) is 0.0603. The lowest BCUT2D eigenvalue weighted by Crippen LogP contribution is -2.44. The predicted octanol–water partition coefficient (Wildman–Crippen LogP) is 3.04. The molecule has 1 amide bonds. The van der Waals surface area contributed by atoms with Gasteiger partial charge in [0.2, 0.25) is 0 Å². The van der Waals surface area contributed by atoms with E-state index in [9.17, 15) is 4.79 Å². The number of amides is 1. The summed E-state index contributed by atoms with van der Waals surface area (Å²) in [5, 5.41) is 3.27. The van der Waals surface area contributed by atoms with E-state index in [0.717, 1.165) is 6.42 Å². The fourth-order valence-electron chi connectivity index (χ4n) is 1.40. The molecule has 0 bridgehead atoms. The van der Waals surface area contributed by atoms with Crippen LogP contribution in [0.2, 0.25) is 5.02 Å². The molecular weight excluding hydrogens is 250 g/mol. The molecule has 100 valence electrons. The lowest BCUT2D eigenvalue weighted by molar-refractivity contribution is 0.0614. The maximum atomic E-state index is 12.4. The van der Waals surface area contributed by atoms with Gasteiger partial charge in [-0.3, -0.25) is 4.79 Å².